The minimum Gasteiger partial charge on any atom is -0.278 e. The summed E-state index contributed by atoms with van der Waals surface area (Å²) in [4.78, 5) is 0. The minimum absolute atomic E-state index is 0.279. The fourth-order valence-electron chi connectivity index (χ4n) is 0.571. The van der Waals surface area contributed by atoms with Crippen LogP contribution in [0.25, 0.3) is 0 Å². The molecule has 0 aliphatic carbocycles. The third-order valence-corrected chi connectivity index (χ3v) is 1.89. The van der Waals surface area contributed by atoms with Crippen LogP contribution in [0.4, 0.5) is 0 Å². The predicted molar refractivity (Wildman–Crippen MR) is 39.4 cm³/mol. The summed E-state index contributed by atoms with van der Waals surface area (Å²) in [5.74, 6) is 3.29. The zero-order chi connectivity index (χ0) is 6.53. The Bertz CT molecular complexity index is 114. The second-order valence-corrected chi connectivity index (χ2v) is 2.69. The van der Waals surface area contributed by atoms with Gasteiger partial charge in [-0.05, 0) is 0 Å². The average Bonchev–Trinajstić information content (AvgIpc) is 2.34. The van der Waals surface area contributed by atoms with Gasteiger partial charge in [-0.3, -0.25) is 5.32 Å². The number of rotatable bonds is 2. The molecule has 4 heteroatoms. The monoisotopic (exact) mass is 143 g/mol. The molecule has 0 aromatic rings. The summed E-state index contributed by atoms with van der Waals surface area (Å²) in [5, 5.41) is 3.14. The normalized spacial score (nSPS) is 25.9. The quantitative estimate of drug-likeness (QED) is 0.446. The molecular formula is C5H9N3S. The van der Waals surface area contributed by atoms with Crippen LogP contribution in [0.15, 0.2) is 0 Å². The van der Waals surface area contributed by atoms with E-state index in [2.05, 4.69) is 22.1 Å². The molecule has 0 saturated carbocycles. The molecule has 1 fully saturated rings. The van der Waals surface area contributed by atoms with E-state index in [4.69, 9.17) is 6.42 Å². The van der Waals surface area contributed by atoms with Crippen molar-refractivity contribution in [1.82, 2.24) is 16.2 Å². The highest BCUT2D eigenvalue weighted by Crippen LogP contribution is 2.03. The maximum absolute atomic E-state index is 5.06. The van der Waals surface area contributed by atoms with Gasteiger partial charge in [0.2, 0.25) is 0 Å². The lowest BCUT2D eigenvalue weighted by molar-refractivity contribution is 0.666. The van der Waals surface area contributed by atoms with Crippen molar-refractivity contribution in [2.24, 2.45) is 0 Å². The highest BCUT2D eigenvalue weighted by molar-refractivity contribution is 8.00. The summed E-state index contributed by atoms with van der Waals surface area (Å²) in [6.07, 6.45) is 5.06. The van der Waals surface area contributed by atoms with Gasteiger partial charge in [0, 0.05) is 0 Å². The summed E-state index contributed by atoms with van der Waals surface area (Å²) < 4.78 is 0. The molecule has 0 bridgehead atoms. The third kappa shape index (κ3) is 2.24. The van der Waals surface area contributed by atoms with E-state index in [1.165, 1.54) is 0 Å². The van der Waals surface area contributed by atoms with Crippen LogP contribution in [-0.4, -0.2) is 17.9 Å². The molecule has 0 spiro atoms. The lowest BCUT2D eigenvalue weighted by atomic mass is 10.8. The molecule has 0 radical (unpaired) electrons. The Morgan fingerprint density at radius 3 is 3.22 bits per heavy atom. The van der Waals surface area contributed by atoms with Gasteiger partial charge in [-0.25, -0.2) is 10.9 Å². The van der Waals surface area contributed by atoms with Gasteiger partial charge in [-0.2, -0.15) is 0 Å². The van der Waals surface area contributed by atoms with E-state index >= 15 is 0 Å². The number of terminal acetylenes is 1. The first-order valence-corrected chi connectivity index (χ1v) is 3.75. The van der Waals surface area contributed by atoms with Crippen LogP contribution in [0.2, 0.25) is 0 Å². The molecule has 1 atom stereocenters. The van der Waals surface area contributed by atoms with Crippen LogP contribution in [-0.2, 0) is 0 Å². The van der Waals surface area contributed by atoms with Crippen molar-refractivity contribution in [3.63, 3.8) is 0 Å². The first kappa shape index (κ1) is 6.90. The Kier molecular flexibility index (Phi) is 2.87. The molecule has 1 saturated heterocycles. The van der Waals surface area contributed by atoms with E-state index in [9.17, 15) is 0 Å². The van der Waals surface area contributed by atoms with E-state index in [0.717, 1.165) is 12.4 Å². The van der Waals surface area contributed by atoms with Crippen LogP contribution >= 0.6 is 11.8 Å². The Balaban J connectivity index is 2.06. The molecule has 50 valence electrons. The number of thioether (sulfide) groups is 1. The highest BCUT2D eigenvalue weighted by Gasteiger charge is 2.10. The second kappa shape index (κ2) is 3.75. The number of nitrogens with one attached hydrogen (secondary N) is 3. The van der Waals surface area contributed by atoms with Crippen LogP contribution in [0.5, 0.6) is 0 Å². The van der Waals surface area contributed by atoms with Gasteiger partial charge in [-0.15, -0.1) is 18.2 Å². The molecule has 3 nitrogen and oxygen atoms in total. The van der Waals surface area contributed by atoms with Crippen molar-refractivity contribution in [2.75, 3.05) is 12.4 Å². The number of hydrogen-bond donors (Lipinski definition) is 3. The molecule has 1 aliphatic rings. The molecule has 3 N–H and O–H groups in total. The van der Waals surface area contributed by atoms with Crippen molar-refractivity contribution in [3.05, 3.63) is 0 Å². The predicted octanol–water partition coefficient (Wildman–Crippen LogP) is -0.709. The topological polar surface area (TPSA) is 36.1 Å². The zero-order valence-electron chi connectivity index (χ0n) is 4.98. The fourth-order valence-corrected chi connectivity index (χ4v) is 1.20. The van der Waals surface area contributed by atoms with E-state index in [1.807, 2.05) is 0 Å². The molecule has 9 heavy (non-hydrogen) atoms. The lowest BCUT2D eigenvalue weighted by Gasteiger charge is -2.04. The van der Waals surface area contributed by atoms with Gasteiger partial charge in [0.25, 0.3) is 0 Å². The standard InChI is InChI=1S/C5H9N3S/c1-2-3-9-5-6-4-7-8-5/h1,5-8H,3-4H2. The first-order chi connectivity index (χ1) is 4.43. The molecule has 1 aliphatic heterocycles. The number of hydrogen-bond acceptors (Lipinski definition) is 4. The Morgan fingerprint density at radius 2 is 2.67 bits per heavy atom. The molecular weight excluding hydrogens is 134 g/mol. The van der Waals surface area contributed by atoms with E-state index in [1.54, 1.807) is 11.8 Å². The van der Waals surface area contributed by atoms with Gasteiger partial charge in [-0.1, -0.05) is 5.92 Å². The summed E-state index contributed by atoms with van der Waals surface area (Å²) in [6, 6.07) is 0. The molecule has 1 heterocycles. The van der Waals surface area contributed by atoms with Crippen molar-refractivity contribution >= 4 is 11.8 Å². The zero-order valence-corrected chi connectivity index (χ0v) is 5.79. The summed E-state index contributed by atoms with van der Waals surface area (Å²) in [5.41, 5.74) is 6.21. The lowest BCUT2D eigenvalue weighted by Crippen LogP contribution is -2.30. The molecule has 0 aromatic carbocycles. The number of hydrazine groups is 1. The van der Waals surface area contributed by atoms with Gasteiger partial charge in [0.05, 0.1) is 12.4 Å². The SMILES string of the molecule is C#CCSC1NCNN1. The molecule has 1 unspecified atom stereocenters. The molecule has 0 amide bonds. The van der Waals surface area contributed by atoms with Gasteiger partial charge >= 0.3 is 0 Å². The Hall–Kier alpha value is -0.210. The Morgan fingerprint density at radius 1 is 1.78 bits per heavy atom. The van der Waals surface area contributed by atoms with Crippen LogP contribution in [0.1, 0.15) is 0 Å². The smallest absolute Gasteiger partial charge is 0.120 e. The first-order valence-electron chi connectivity index (χ1n) is 2.70. The van der Waals surface area contributed by atoms with Gasteiger partial charge in [0.15, 0.2) is 0 Å². The van der Waals surface area contributed by atoms with Crippen LogP contribution in [0.3, 0.4) is 0 Å². The maximum Gasteiger partial charge on any atom is 0.120 e. The van der Waals surface area contributed by atoms with E-state index in [-0.39, 0.29) is 5.50 Å². The summed E-state index contributed by atoms with van der Waals surface area (Å²) in [7, 11) is 0. The van der Waals surface area contributed by atoms with Gasteiger partial charge in [0.1, 0.15) is 5.50 Å². The highest BCUT2D eigenvalue weighted by atomic mass is 32.2. The van der Waals surface area contributed by atoms with Gasteiger partial charge < -0.3 is 0 Å². The van der Waals surface area contributed by atoms with Crippen molar-refractivity contribution in [1.29, 1.82) is 0 Å². The molecule has 0 aromatic heterocycles. The average molecular weight is 143 g/mol. The van der Waals surface area contributed by atoms with Crippen LogP contribution in [0, 0.1) is 12.3 Å². The third-order valence-electron chi connectivity index (χ3n) is 0.942. The summed E-state index contributed by atoms with van der Waals surface area (Å²) in [6.45, 7) is 0.808. The van der Waals surface area contributed by atoms with Crippen molar-refractivity contribution in [2.45, 2.75) is 5.50 Å². The maximum atomic E-state index is 5.06. The second-order valence-electron chi connectivity index (χ2n) is 1.60. The largest absolute Gasteiger partial charge is 0.278 e. The Labute approximate surface area is 58.9 Å². The summed E-state index contributed by atoms with van der Waals surface area (Å²) >= 11 is 1.66. The minimum atomic E-state index is 0.279. The van der Waals surface area contributed by atoms with Crippen LogP contribution < -0.4 is 16.2 Å². The van der Waals surface area contributed by atoms with E-state index < -0.39 is 0 Å². The van der Waals surface area contributed by atoms with Crippen molar-refractivity contribution < 1.29 is 0 Å². The fraction of sp³-hybridized carbons (Fsp3) is 0.600. The molecule has 1 rings (SSSR count). The van der Waals surface area contributed by atoms with E-state index in [0.29, 0.717) is 0 Å². The van der Waals surface area contributed by atoms with Crippen molar-refractivity contribution in [3.8, 4) is 12.3 Å².